The summed E-state index contributed by atoms with van der Waals surface area (Å²) in [5.41, 5.74) is 0.762. The SMILES string of the molecule is Oc1c(Cl)cc(Cl)cc1CNCCCC1CCCC1. The van der Waals surface area contributed by atoms with E-state index < -0.39 is 0 Å². The van der Waals surface area contributed by atoms with Gasteiger partial charge in [0.05, 0.1) is 5.02 Å². The Morgan fingerprint density at radius 1 is 1.21 bits per heavy atom. The third-order valence-corrected chi connectivity index (χ3v) is 4.37. The summed E-state index contributed by atoms with van der Waals surface area (Å²) in [7, 11) is 0. The predicted molar refractivity (Wildman–Crippen MR) is 81.0 cm³/mol. The van der Waals surface area contributed by atoms with Crippen LogP contribution < -0.4 is 5.32 Å². The van der Waals surface area contributed by atoms with E-state index in [2.05, 4.69) is 5.32 Å². The second-order valence-electron chi connectivity index (χ2n) is 5.36. The Balaban J connectivity index is 1.70. The molecule has 0 amide bonds. The number of halogens is 2. The van der Waals surface area contributed by atoms with Gasteiger partial charge < -0.3 is 10.4 Å². The molecule has 106 valence electrons. The first-order chi connectivity index (χ1) is 9.16. The van der Waals surface area contributed by atoms with Crippen molar-refractivity contribution < 1.29 is 5.11 Å². The highest BCUT2D eigenvalue weighted by Crippen LogP contribution is 2.31. The first-order valence-electron chi connectivity index (χ1n) is 7.04. The highest BCUT2D eigenvalue weighted by atomic mass is 35.5. The summed E-state index contributed by atoms with van der Waals surface area (Å²) in [6.07, 6.45) is 8.14. The van der Waals surface area contributed by atoms with Gasteiger partial charge in [0.1, 0.15) is 5.75 Å². The van der Waals surface area contributed by atoms with Crippen LogP contribution in [0.3, 0.4) is 0 Å². The average molecular weight is 302 g/mol. The van der Waals surface area contributed by atoms with Gasteiger partial charge in [-0.25, -0.2) is 0 Å². The van der Waals surface area contributed by atoms with Gasteiger partial charge >= 0.3 is 0 Å². The van der Waals surface area contributed by atoms with Gasteiger partial charge in [0.2, 0.25) is 0 Å². The minimum atomic E-state index is 0.134. The normalized spacial score (nSPS) is 16.1. The molecular formula is C15H21Cl2NO. The Kier molecular flexibility index (Phi) is 5.80. The zero-order valence-electron chi connectivity index (χ0n) is 11.1. The fourth-order valence-electron chi connectivity index (χ4n) is 2.79. The molecule has 1 fully saturated rings. The van der Waals surface area contributed by atoms with Crippen molar-refractivity contribution in [3.8, 4) is 5.75 Å². The fourth-order valence-corrected chi connectivity index (χ4v) is 3.33. The second-order valence-corrected chi connectivity index (χ2v) is 6.21. The molecule has 0 spiro atoms. The van der Waals surface area contributed by atoms with Crippen LogP contribution in [0.5, 0.6) is 5.75 Å². The van der Waals surface area contributed by atoms with Crippen LogP contribution in [0.15, 0.2) is 12.1 Å². The molecule has 19 heavy (non-hydrogen) atoms. The highest BCUT2D eigenvalue weighted by Gasteiger charge is 2.14. The topological polar surface area (TPSA) is 32.3 Å². The summed E-state index contributed by atoms with van der Waals surface area (Å²) in [4.78, 5) is 0. The lowest BCUT2D eigenvalue weighted by Crippen LogP contribution is -2.15. The Morgan fingerprint density at radius 2 is 1.95 bits per heavy atom. The molecule has 1 saturated carbocycles. The van der Waals surface area contributed by atoms with Crippen LogP contribution >= 0.6 is 23.2 Å². The quantitative estimate of drug-likeness (QED) is 0.743. The number of rotatable bonds is 6. The lowest BCUT2D eigenvalue weighted by atomic mass is 10.0. The van der Waals surface area contributed by atoms with E-state index in [0.29, 0.717) is 16.6 Å². The van der Waals surface area contributed by atoms with E-state index in [1.165, 1.54) is 38.5 Å². The number of hydrogen-bond donors (Lipinski definition) is 2. The van der Waals surface area contributed by atoms with Crippen molar-refractivity contribution >= 4 is 23.2 Å². The largest absolute Gasteiger partial charge is 0.506 e. The van der Waals surface area contributed by atoms with E-state index in [-0.39, 0.29) is 5.75 Å². The molecule has 0 aliphatic heterocycles. The summed E-state index contributed by atoms with van der Waals surface area (Å²) >= 11 is 11.8. The molecule has 2 nitrogen and oxygen atoms in total. The van der Waals surface area contributed by atoms with Crippen molar-refractivity contribution in [3.63, 3.8) is 0 Å². The number of aromatic hydroxyl groups is 1. The molecule has 0 unspecified atom stereocenters. The Hall–Kier alpha value is -0.440. The van der Waals surface area contributed by atoms with Crippen molar-refractivity contribution in [1.82, 2.24) is 5.32 Å². The summed E-state index contributed by atoms with van der Waals surface area (Å²) in [6.45, 7) is 1.58. The van der Waals surface area contributed by atoms with E-state index in [0.717, 1.165) is 18.0 Å². The molecule has 4 heteroatoms. The standard InChI is InChI=1S/C15H21Cl2NO/c16-13-8-12(15(19)14(17)9-13)10-18-7-3-6-11-4-1-2-5-11/h8-9,11,18-19H,1-7,10H2. The third kappa shape index (κ3) is 4.55. The van der Waals surface area contributed by atoms with Crippen molar-refractivity contribution in [2.45, 2.75) is 45.1 Å². The van der Waals surface area contributed by atoms with Gasteiger partial charge in [0.25, 0.3) is 0 Å². The minimum absolute atomic E-state index is 0.134. The van der Waals surface area contributed by atoms with Gasteiger partial charge in [0.15, 0.2) is 0 Å². The summed E-state index contributed by atoms with van der Waals surface area (Å²) in [5.74, 6) is 1.07. The van der Waals surface area contributed by atoms with E-state index in [9.17, 15) is 5.11 Å². The molecule has 1 aromatic carbocycles. The third-order valence-electron chi connectivity index (χ3n) is 3.86. The van der Waals surface area contributed by atoms with Gasteiger partial charge in [-0.3, -0.25) is 0 Å². The Bertz CT molecular complexity index is 417. The van der Waals surface area contributed by atoms with Crippen LogP contribution in [-0.2, 0) is 6.54 Å². The van der Waals surface area contributed by atoms with Crippen molar-refractivity contribution in [1.29, 1.82) is 0 Å². The van der Waals surface area contributed by atoms with Crippen LogP contribution in [0, 0.1) is 5.92 Å². The number of phenolic OH excluding ortho intramolecular Hbond substituents is 1. The smallest absolute Gasteiger partial charge is 0.138 e. The van der Waals surface area contributed by atoms with E-state index in [1.807, 2.05) is 0 Å². The maximum Gasteiger partial charge on any atom is 0.138 e. The molecule has 0 aromatic heterocycles. The molecule has 1 aromatic rings. The Morgan fingerprint density at radius 3 is 2.68 bits per heavy atom. The highest BCUT2D eigenvalue weighted by molar-refractivity contribution is 6.35. The maximum atomic E-state index is 9.82. The molecule has 0 bridgehead atoms. The van der Waals surface area contributed by atoms with Crippen molar-refractivity contribution in [2.75, 3.05) is 6.54 Å². The minimum Gasteiger partial charge on any atom is -0.506 e. The zero-order valence-corrected chi connectivity index (χ0v) is 12.6. The summed E-state index contributed by atoms with van der Waals surface area (Å²) in [6, 6.07) is 3.31. The first kappa shape index (κ1) is 15.0. The number of hydrogen-bond acceptors (Lipinski definition) is 2. The molecule has 2 N–H and O–H groups in total. The number of benzene rings is 1. The molecule has 2 rings (SSSR count). The maximum absolute atomic E-state index is 9.82. The number of nitrogens with one attached hydrogen (secondary N) is 1. The van der Waals surface area contributed by atoms with E-state index >= 15 is 0 Å². The monoisotopic (exact) mass is 301 g/mol. The van der Waals surface area contributed by atoms with Crippen LogP contribution in [0.1, 0.15) is 44.1 Å². The average Bonchev–Trinajstić information content (AvgIpc) is 2.87. The molecule has 1 aliphatic carbocycles. The van der Waals surface area contributed by atoms with E-state index in [4.69, 9.17) is 23.2 Å². The summed E-state index contributed by atoms with van der Waals surface area (Å²) in [5, 5.41) is 14.0. The molecule has 0 radical (unpaired) electrons. The predicted octanol–water partition coefficient (Wildman–Crippen LogP) is 4.76. The first-order valence-corrected chi connectivity index (χ1v) is 7.80. The molecule has 0 heterocycles. The lowest BCUT2D eigenvalue weighted by Gasteiger charge is -2.11. The molecular weight excluding hydrogens is 281 g/mol. The van der Waals surface area contributed by atoms with Gasteiger partial charge in [-0.05, 0) is 37.4 Å². The van der Waals surface area contributed by atoms with Gasteiger partial charge in [-0.1, -0.05) is 48.9 Å². The van der Waals surface area contributed by atoms with Crippen molar-refractivity contribution in [2.24, 2.45) is 5.92 Å². The van der Waals surface area contributed by atoms with Crippen LogP contribution in [0.2, 0.25) is 10.0 Å². The Labute approximate surface area is 125 Å². The molecule has 1 aliphatic rings. The number of phenols is 1. The lowest BCUT2D eigenvalue weighted by molar-refractivity contribution is 0.455. The van der Waals surface area contributed by atoms with Crippen LogP contribution in [-0.4, -0.2) is 11.7 Å². The zero-order chi connectivity index (χ0) is 13.7. The van der Waals surface area contributed by atoms with Gasteiger partial charge in [0, 0.05) is 17.1 Å². The van der Waals surface area contributed by atoms with Crippen molar-refractivity contribution in [3.05, 3.63) is 27.7 Å². The molecule has 0 atom stereocenters. The van der Waals surface area contributed by atoms with Gasteiger partial charge in [-0.15, -0.1) is 0 Å². The van der Waals surface area contributed by atoms with Crippen LogP contribution in [0.25, 0.3) is 0 Å². The van der Waals surface area contributed by atoms with Gasteiger partial charge in [-0.2, -0.15) is 0 Å². The van der Waals surface area contributed by atoms with E-state index in [1.54, 1.807) is 12.1 Å². The molecule has 0 saturated heterocycles. The second kappa shape index (κ2) is 7.37. The summed E-state index contributed by atoms with van der Waals surface area (Å²) < 4.78 is 0. The fraction of sp³-hybridized carbons (Fsp3) is 0.600. The van der Waals surface area contributed by atoms with Crippen LogP contribution in [0.4, 0.5) is 0 Å².